The van der Waals surface area contributed by atoms with Gasteiger partial charge in [-0.05, 0) is 19.4 Å². The largest absolute Gasteiger partial charge is 0.466 e. The van der Waals surface area contributed by atoms with E-state index in [0.717, 1.165) is 0 Å². The van der Waals surface area contributed by atoms with Gasteiger partial charge in [0.1, 0.15) is 0 Å². The number of nitrogens with one attached hydrogen (secondary N) is 1. The molecular weight excluding hydrogens is 230 g/mol. The van der Waals surface area contributed by atoms with E-state index in [4.69, 9.17) is 4.74 Å². The third kappa shape index (κ3) is 5.80. The Morgan fingerprint density at radius 3 is 2.94 bits per heavy atom. The summed E-state index contributed by atoms with van der Waals surface area (Å²) in [4.78, 5) is 11.1. The van der Waals surface area contributed by atoms with E-state index in [1.807, 2.05) is 25.1 Å². The van der Waals surface area contributed by atoms with Crippen LogP contribution in [-0.2, 0) is 16.1 Å². The third-order valence-corrected chi connectivity index (χ3v) is 2.50. The molecule has 1 rings (SSSR count). The van der Waals surface area contributed by atoms with E-state index in [0.29, 0.717) is 19.7 Å². The minimum Gasteiger partial charge on any atom is -0.466 e. The fourth-order valence-corrected chi connectivity index (χ4v) is 1.69. The van der Waals surface area contributed by atoms with Gasteiger partial charge in [0, 0.05) is 13.1 Å². The van der Waals surface area contributed by atoms with Crippen LogP contribution in [-0.4, -0.2) is 30.3 Å². The summed E-state index contributed by atoms with van der Waals surface area (Å²) < 4.78 is 4.77. The zero-order valence-electron chi connectivity index (χ0n) is 11.0. The van der Waals surface area contributed by atoms with Crippen molar-refractivity contribution >= 4 is 5.97 Å². The quantitative estimate of drug-likeness (QED) is 0.719. The summed E-state index contributed by atoms with van der Waals surface area (Å²) >= 11 is 0. The number of carbonyl (C=O) groups is 1. The summed E-state index contributed by atoms with van der Waals surface area (Å²) in [5.74, 6) is -0.359. The van der Waals surface area contributed by atoms with Gasteiger partial charge in [-0.3, -0.25) is 4.79 Å². The van der Waals surface area contributed by atoms with Gasteiger partial charge >= 0.3 is 5.97 Å². The fraction of sp³-hybridized carbons (Fsp3) is 0.500. The van der Waals surface area contributed by atoms with E-state index in [1.54, 1.807) is 6.92 Å². The average Bonchev–Trinajstić information content (AvgIpc) is 2.29. The Bertz CT molecular complexity index is 379. The Labute approximate surface area is 108 Å². The lowest BCUT2D eigenvalue weighted by molar-refractivity contribution is -0.145. The molecule has 0 heterocycles. The van der Waals surface area contributed by atoms with Crippen molar-refractivity contribution in [2.24, 2.45) is 0 Å². The number of hydrogen-bond donors (Lipinski definition) is 2. The molecule has 0 aromatic heterocycles. The second kappa shape index (κ2) is 7.84. The first-order chi connectivity index (χ1) is 8.61. The molecule has 0 radical (unpaired) electrons. The highest BCUT2D eigenvalue weighted by Gasteiger charge is 2.10. The Kier molecular flexibility index (Phi) is 6.39. The molecule has 100 valence electrons. The first-order valence-electron chi connectivity index (χ1n) is 6.21. The summed E-state index contributed by atoms with van der Waals surface area (Å²) in [5.41, 5.74) is 2.37. The molecular formula is C14H21NO3. The van der Waals surface area contributed by atoms with Crippen molar-refractivity contribution in [2.75, 3.05) is 13.2 Å². The Morgan fingerprint density at radius 1 is 1.50 bits per heavy atom. The Balaban J connectivity index is 2.23. The molecule has 1 aromatic carbocycles. The minimum absolute atomic E-state index is 0.0364. The van der Waals surface area contributed by atoms with Gasteiger partial charge in [-0.15, -0.1) is 0 Å². The predicted molar refractivity (Wildman–Crippen MR) is 70.1 cm³/mol. The summed E-state index contributed by atoms with van der Waals surface area (Å²) in [7, 11) is 0. The lowest BCUT2D eigenvalue weighted by atomic mass is 10.1. The Morgan fingerprint density at radius 2 is 2.28 bits per heavy atom. The standard InChI is InChI=1S/C14H21NO3/c1-3-18-14(17)8-13(16)10-15-9-12-6-4-5-11(2)7-12/h4-7,13,15-16H,3,8-10H2,1-2H3. The van der Waals surface area contributed by atoms with E-state index >= 15 is 0 Å². The van der Waals surface area contributed by atoms with Gasteiger partial charge in [0.05, 0.1) is 19.1 Å². The molecule has 0 fully saturated rings. The molecule has 0 aliphatic carbocycles. The Hall–Kier alpha value is -1.39. The minimum atomic E-state index is -0.700. The van der Waals surface area contributed by atoms with Crippen molar-refractivity contribution in [3.8, 4) is 0 Å². The molecule has 18 heavy (non-hydrogen) atoms. The number of benzene rings is 1. The molecule has 0 saturated carbocycles. The van der Waals surface area contributed by atoms with Gasteiger partial charge in [-0.1, -0.05) is 29.8 Å². The van der Waals surface area contributed by atoms with Gasteiger partial charge in [0.15, 0.2) is 0 Å². The summed E-state index contributed by atoms with van der Waals surface area (Å²) in [6, 6.07) is 8.16. The van der Waals surface area contributed by atoms with Crippen molar-refractivity contribution in [2.45, 2.75) is 32.9 Å². The second-order valence-corrected chi connectivity index (χ2v) is 4.28. The number of aliphatic hydroxyl groups is 1. The van der Waals surface area contributed by atoms with Crippen LogP contribution < -0.4 is 5.32 Å². The molecule has 1 atom stereocenters. The van der Waals surface area contributed by atoms with Crippen LogP contribution in [0.4, 0.5) is 0 Å². The number of aliphatic hydroxyl groups excluding tert-OH is 1. The second-order valence-electron chi connectivity index (χ2n) is 4.28. The first kappa shape index (κ1) is 14.7. The highest BCUT2D eigenvalue weighted by Crippen LogP contribution is 2.03. The van der Waals surface area contributed by atoms with Crippen LogP contribution in [0.25, 0.3) is 0 Å². The van der Waals surface area contributed by atoms with Crippen molar-refractivity contribution in [1.29, 1.82) is 0 Å². The summed E-state index contributed by atoms with van der Waals surface area (Å²) in [6.07, 6.45) is -0.664. The molecule has 0 aliphatic rings. The predicted octanol–water partition coefficient (Wildman–Crippen LogP) is 1.40. The molecule has 0 saturated heterocycles. The molecule has 4 heteroatoms. The van der Waals surface area contributed by atoms with Crippen molar-refractivity contribution < 1.29 is 14.6 Å². The molecule has 1 unspecified atom stereocenters. The monoisotopic (exact) mass is 251 g/mol. The van der Waals surface area contributed by atoms with Gasteiger partial charge in [0.25, 0.3) is 0 Å². The zero-order chi connectivity index (χ0) is 13.4. The SMILES string of the molecule is CCOC(=O)CC(O)CNCc1cccc(C)c1. The molecule has 2 N–H and O–H groups in total. The number of aryl methyl sites for hydroxylation is 1. The van der Waals surface area contributed by atoms with Gasteiger partial charge in [-0.2, -0.15) is 0 Å². The molecule has 0 bridgehead atoms. The maximum Gasteiger partial charge on any atom is 0.308 e. The van der Waals surface area contributed by atoms with Crippen LogP contribution in [0.5, 0.6) is 0 Å². The number of esters is 1. The summed E-state index contributed by atoms with van der Waals surface area (Å²) in [6.45, 7) is 5.20. The molecule has 0 aliphatic heterocycles. The van der Waals surface area contributed by atoms with E-state index in [-0.39, 0.29) is 12.4 Å². The summed E-state index contributed by atoms with van der Waals surface area (Å²) in [5, 5.41) is 12.7. The van der Waals surface area contributed by atoms with Crippen LogP contribution >= 0.6 is 0 Å². The van der Waals surface area contributed by atoms with Crippen molar-refractivity contribution in [3.63, 3.8) is 0 Å². The molecule has 0 spiro atoms. The van der Waals surface area contributed by atoms with E-state index < -0.39 is 6.10 Å². The number of carbonyl (C=O) groups excluding carboxylic acids is 1. The van der Waals surface area contributed by atoms with Gasteiger partial charge < -0.3 is 15.2 Å². The van der Waals surface area contributed by atoms with Crippen LogP contribution in [0.3, 0.4) is 0 Å². The maximum atomic E-state index is 11.1. The maximum absolute atomic E-state index is 11.1. The zero-order valence-corrected chi connectivity index (χ0v) is 11.0. The fourth-order valence-electron chi connectivity index (χ4n) is 1.69. The normalized spacial score (nSPS) is 12.2. The highest BCUT2D eigenvalue weighted by atomic mass is 16.5. The van der Waals surface area contributed by atoms with E-state index in [9.17, 15) is 9.90 Å². The highest BCUT2D eigenvalue weighted by molar-refractivity contribution is 5.69. The van der Waals surface area contributed by atoms with E-state index in [1.165, 1.54) is 11.1 Å². The molecule has 4 nitrogen and oxygen atoms in total. The van der Waals surface area contributed by atoms with Crippen LogP contribution in [0.1, 0.15) is 24.5 Å². The van der Waals surface area contributed by atoms with E-state index in [2.05, 4.69) is 11.4 Å². The molecule has 0 amide bonds. The van der Waals surface area contributed by atoms with Crippen LogP contribution in [0.15, 0.2) is 24.3 Å². The van der Waals surface area contributed by atoms with Gasteiger partial charge in [-0.25, -0.2) is 0 Å². The average molecular weight is 251 g/mol. The smallest absolute Gasteiger partial charge is 0.308 e. The number of hydrogen-bond acceptors (Lipinski definition) is 4. The lowest BCUT2D eigenvalue weighted by Crippen LogP contribution is -2.29. The molecule has 1 aromatic rings. The first-order valence-corrected chi connectivity index (χ1v) is 6.21. The van der Waals surface area contributed by atoms with Crippen molar-refractivity contribution in [1.82, 2.24) is 5.32 Å². The number of rotatable bonds is 7. The number of ether oxygens (including phenoxy) is 1. The van der Waals surface area contributed by atoms with Gasteiger partial charge in [0.2, 0.25) is 0 Å². The third-order valence-electron chi connectivity index (χ3n) is 2.50. The van der Waals surface area contributed by atoms with Crippen LogP contribution in [0.2, 0.25) is 0 Å². The lowest BCUT2D eigenvalue weighted by Gasteiger charge is -2.11. The topological polar surface area (TPSA) is 58.6 Å². The van der Waals surface area contributed by atoms with Crippen molar-refractivity contribution in [3.05, 3.63) is 35.4 Å². The van der Waals surface area contributed by atoms with Crippen LogP contribution in [0, 0.1) is 6.92 Å².